The molecule has 0 saturated carbocycles. The maximum atomic E-state index is 12.1. The fourth-order valence-corrected chi connectivity index (χ4v) is 3.03. The number of carboxylic acid groups (broad SMARTS) is 1. The number of carbonyl (C=O) groups is 2. The Kier molecular flexibility index (Phi) is 4.60. The number of carbonyl (C=O) groups excluding carboxylic acids is 1. The van der Waals surface area contributed by atoms with Crippen molar-refractivity contribution >= 4 is 23.2 Å². The Morgan fingerprint density at radius 2 is 2.09 bits per heavy atom. The lowest BCUT2D eigenvalue weighted by Gasteiger charge is -2.11. The number of nitrogens with one attached hydrogen (secondary N) is 1. The third-order valence-corrected chi connectivity index (χ3v) is 4.48. The Hall–Kier alpha value is -2.22. The number of thiazole rings is 1. The first kappa shape index (κ1) is 16.2. The molecule has 0 aliphatic heterocycles. The summed E-state index contributed by atoms with van der Waals surface area (Å²) in [5.41, 5.74) is 2.24. The Morgan fingerprint density at radius 1 is 1.41 bits per heavy atom. The van der Waals surface area contributed by atoms with Crippen molar-refractivity contribution in [3.8, 4) is 0 Å². The molecule has 2 N–H and O–H groups in total. The van der Waals surface area contributed by atoms with Crippen molar-refractivity contribution in [2.75, 3.05) is 0 Å². The topological polar surface area (TPSA) is 97.1 Å². The van der Waals surface area contributed by atoms with Crippen molar-refractivity contribution in [2.45, 2.75) is 40.3 Å². The quantitative estimate of drug-likeness (QED) is 0.875. The number of aryl methyl sites for hydroxylation is 3. The largest absolute Gasteiger partial charge is 0.477 e. The molecule has 1 amide bonds. The first-order valence-corrected chi connectivity index (χ1v) is 7.60. The summed E-state index contributed by atoms with van der Waals surface area (Å²) in [5, 5.41) is 16.7. The molecule has 0 bridgehead atoms. The van der Waals surface area contributed by atoms with Crippen LogP contribution in [0.3, 0.4) is 0 Å². The number of hydrogen-bond donors (Lipinski definition) is 2. The fraction of sp³-hybridized carbons (Fsp3) is 0.429. The SMILES string of the molecule is Cc1cc(C)n(CC(=O)NC(C)c2nc(C)c(C(=O)O)s2)n1. The van der Waals surface area contributed by atoms with Gasteiger partial charge in [-0.05, 0) is 33.8 Å². The van der Waals surface area contributed by atoms with E-state index in [1.807, 2.05) is 19.9 Å². The summed E-state index contributed by atoms with van der Waals surface area (Å²) in [4.78, 5) is 27.5. The van der Waals surface area contributed by atoms with Gasteiger partial charge in [0.15, 0.2) is 0 Å². The number of hydrogen-bond acceptors (Lipinski definition) is 5. The molecule has 2 heterocycles. The second-order valence-corrected chi connectivity index (χ2v) is 6.18. The second-order valence-electron chi connectivity index (χ2n) is 5.15. The second kappa shape index (κ2) is 6.27. The number of amides is 1. The van der Waals surface area contributed by atoms with Crippen LogP contribution in [0.25, 0.3) is 0 Å². The molecule has 0 aliphatic rings. The van der Waals surface area contributed by atoms with Crippen LogP contribution in [0.1, 0.15) is 44.7 Å². The van der Waals surface area contributed by atoms with Gasteiger partial charge in [0, 0.05) is 5.69 Å². The molecule has 0 radical (unpaired) electrons. The van der Waals surface area contributed by atoms with Crippen LogP contribution >= 0.6 is 11.3 Å². The van der Waals surface area contributed by atoms with Crippen LogP contribution in [0.2, 0.25) is 0 Å². The third kappa shape index (κ3) is 3.51. The van der Waals surface area contributed by atoms with Crippen molar-refractivity contribution in [1.82, 2.24) is 20.1 Å². The average Bonchev–Trinajstić information content (AvgIpc) is 2.93. The van der Waals surface area contributed by atoms with Crippen molar-refractivity contribution < 1.29 is 14.7 Å². The summed E-state index contributed by atoms with van der Waals surface area (Å²) >= 11 is 1.08. The van der Waals surface area contributed by atoms with Crippen molar-refractivity contribution in [3.63, 3.8) is 0 Å². The molecule has 7 nitrogen and oxygen atoms in total. The zero-order valence-electron chi connectivity index (χ0n) is 12.9. The van der Waals surface area contributed by atoms with Gasteiger partial charge in [-0.3, -0.25) is 9.48 Å². The molecule has 22 heavy (non-hydrogen) atoms. The minimum Gasteiger partial charge on any atom is -0.477 e. The van der Waals surface area contributed by atoms with Gasteiger partial charge < -0.3 is 10.4 Å². The van der Waals surface area contributed by atoms with Crippen LogP contribution in [0.5, 0.6) is 0 Å². The molecular formula is C14H18N4O3S. The van der Waals surface area contributed by atoms with Gasteiger partial charge in [-0.15, -0.1) is 11.3 Å². The van der Waals surface area contributed by atoms with E-state index < -0.39 is 5.97 Å². The van der Waals surface area contributed by atoms with Gasteiger partial charge in [0.05, 0.1) is 17.4 Å². The monoisotopic (exact) mass is 322 g/mol. The molecule has 118 valence electrons. The van der Waals surface area contributed by atoms with Crippen LogP contribution in [0, 0.1) is 20.8 Å². The highest BCUT2D eigenvalue weighted by Gasteiger charge is 2.19. The maximum Gasteiger partial charge on any atom is 0.347 e. The lowest BCUT2D eigenvalue weighted by atomic mass is 10.3. The highest BCUT2D eigenvalue weighted by molar-refractivity contribution is 7.13. The standard InChI is InChI=1S/C14H18N4O3S/c1-7-5-8(2)18(17-7)6-11(19)15-10(4)13-16-9(3)12(22-13)14(20)21/h5,10H,6H2,1-4H3,(H,15,19)(H,20,21). The van der Waals surface area contributed by atoms with Crippen molar-refractivity contribution in [1.29, 1.82) is 0 Å². The molecule has 2 rings (SSSR count). The molecule has 1 unspecified atom stereocenters. The van der Waals surface area contributed by atoms with Crippen molar-refractivity contribution in [3.05, 3.63) is 33.0 Å². The van der Waals surface area contributed by atoms with E-state index in [2.05, 4.69) is 15.4 Å². The van der Waals surface area contributed by atoms with Crippen LogP contribution in [0.4, 0.5) is 0 Å². The summed E-state index contributed by atoms with van der Waals surface area (Å²) in [6.45, 7) is 7.31. The van der Waals surface area contributed by atoms with E-state index in [4.69, 9.17) is 5.11 Å². The molecule has 0 fully saturated rings. The van der Waals surface area contributed by atoms with E-state index in [1.54, 1.807) is 18.5 Å². The Labute approximate surface area is 132 Å². The first-order chi connectivity index (χ1) is 10.3. The predicted octanol–water partition coefficient (Wildman–Crippen LogP) is 1.84. The van der Waals surface area contributed by atoms with Crippen LogP contribution < -0.4 is 5.32 Å². The summed E-state index contributed by atoms with van der Waals surface area (Å²) in [6.07, 6.45) is 0. The van der Waals surface area contributed by atoms with Gasteiger partial charge in [0.1, 0.15) is 16.4 Å². The van der Waals surface area contributed by atoms with Gasteiger partial charge in [0.25, 0.3) is 0 Å². The average molecular weight is 322 g/mol. The molecule has 0 saturated heterocycles. The first-order valence-electron chi connectivity index (χ1n) is 6.79. The summed E-state index contributed by atoms with van der Waals surface area (Å²) in [7, 11) is 0. The lowest BCUT2D eigenvalue weighted by Crippen LogP contribution is -2.30. The molecule has 2 aromatic rings. The van der Waals surface area contributed by atoms with E-state index in [0.29, 0.717) is 10.7 Å². The van der Waals surface area contributed by atoms with Crippen molar-refractivity contribution in [2.24, 2.45) is 0 Å². The number of nitrogens with zero attached hydrogens (tertiary/aromatic N) is 3. The highest BCUT2D eigenvalue weighted by atomic mass is 32.1. The Balaban J connectivity index is 2.03. The molecular weight excluding hydrogens is 304 g/mol. The minimum atomic E-state index is -0.998. The molecule has 8 heteroatoms. The van der Waals surface area contributed by atoms with Gasteiger partial charge in [-0.1, -0.05) is 0 Å². The zero-order chi connectivity index (χ0) is 16.4. The number of aromatic carboxylic acids is 1. The van der Waals surface area contributed by atoms with Gasteiger partial charge in [0.2, 0.25) is 5.91 Å². The van der Waals surface area contributed by atoms with Crippen LogP contribution in [-0.4, -0.2) is 31.7 Å². The normalized spacial score (nSPS) is 12.2. The highest BCUT2D eigenvalue weighted by Crippen LogP contribution is 2.23. The number of carboxylic acids is 1. The van der Waals surface area contributed by atoms with Gasteiger partial charge in [-0.2, -0.15) is 5.10 Å². The minimum absolute atomic E-state index is 0.125. The molecule has 1 atom stereocenters. The summed E-state index contributed by atoms with van der Waals surface area (Å²) in [6, 6.07) is 1.56. The van der Waals surface area contributed by atoms with E-state index in [9.17, 15) is 9.59 Å². The Bertz CT molecular complexity index is 720. The maximum absolute atomic E-state index is 12.1. The van der Waals surface area contributed by atoms with Gasteiger partial charge >= 0.3 is 5.97 Å². The molecule has 0 spiro atoms. The smallest absolute Gasteiger partial charge is 0.347 e. The van der Waals surface area contributed by atoms with E-state index >= 15 is 0 Å². The summed E-state index contributed by atoms with van der Waals surface area (Å²) < 4.78 is 1.63. The van der Waals surface area contributed by atoms with E-state index in [-0.39, 0.29) is 23.4 Å². The molecule has 0 aromatic carbocycles. The van der Waals surface area contributed by atoms with Gasteiger partial charge in [-0.25, -0.2) is 9.78 Å². The van der Waals surface area contributed by atoms with Crippen LogP contribution in [-0.2, 0) is 11.3 Å². The number of rotatable bonds is 5. The lowest BCUT2D eigenvalue weighted by molar-refractivity contribution is -0.122. The molecule has 0 aliphatic carbocycles. The molecule has 2 aromatic heterocycles. The fourth-order valence-electron chi connectivity index (χ4n) is 2.12. The predicted molar refractivity (Wildman–Crippen MR) is 82.1 cm³/mol. The third-order valence-electron chi connectivity index (χ3n) is 3.15. The summed E-state index contributed by atoms with van der Waals surface area (Å²) in [5.74, 6) is -1.19. The van der Waals surface area contributed by atoms with E-state index in [0.717, 1.165) is 22.7 Å². The zero-order valence-corrected chi connectivity index (χ0v) is 13.7. The van der Waals surface area contributed by atoms with Crippen LogP contribution in [0.15, 0.2) is 6.07 Å². The Morgan fingerprint density at radius 3 is 2.59 bits per heavy atom. The van der Waals surface area contributed by atoms with E-state index in [1.165, 1.54) is 0 Å². The number of aromatic nitrogens is 3.